The molecule has 1 aromatic rings. The van der Waals surface area contributed by atoms with Crippen molar-refractivity contribution in [2.24, 2.45) is 0 Å². The number of nitrogens with two attached hydrogens (primary N) is 1. The lowest BCUT2D eigenvalue weighted by Gasteiger charge is -2.30. The Kier molecular flexibility index (Phi) is 5.76. The Hall–Kier alpha value is -1.82. The first kappa shape index (κ1) is 16.2. The third kappa shape index (κ3) is 4.38. The van der Waals surface area contributed by atoms with Gasteiger partial charge in [0.2, 0.25) is 5.88 Å². The van der Waals surface area contributed by atoms with Crippen LogP contribution in [0.15, 0.2) is 12.1 Å². The SMILES string of the molecule is CC(C)N(CCOc1nc(C(=O)O)ccc1N)C(C)C. The van der Waals surface area contributed by atoms with Crippen LogP contribution >= 0.6 is 0 Å². The number of rotatable bonds is 7. The third-order valence-corrected chi connectivity index (χ3v) is 3.02. The molecule has 0 radical (unpaired) electrons. The standard InChI is InChI=1S/C14H23N3O3/c1-9(2)17(10(3)4)7-8-20-13-11(15)5-6-12(16-13)14(18)19/h5-6,9-10H,7-8,15H2,1-4H3,(H,18,19). The Morgan fingerprint density at radius 2 is 1.95 bits per heavy atom. The number of pyridine rings is 1. The van der Waals surface area contributed by atoms with Crippen molar-refractivity contribution >= 4 is 11.7 Å². The summed E-state index contributed by atoms with van der Waals surface area (Å²) in [7, 11) is 0. The molecule has 6 nitrogen and oxygen atoms in total. The molecule has 0 saturated heterocycles. The van der Waals surface area contributed by atoms with E-state index in [0.717, 1.165) is 6.54 Å². The second-order valence-electron chi connectivity index (χ2n) is 5.17. The molecule has 0 unspecified atom stereocenters. The third-order valence-electron chi connectivity index (χ3n) is 3.02. The first-order chi connectivity index (χ1) is 9.32. The molecule has 0 aliphatic carbocycles. The Morgan fingerprint density at radius 1 is 1.35 bits per heavy atom. The summed E-state index contributed by atoms with van der Waals surface area (Å²) < 4.78 is 5.52. The number of anilines is 1. The highest BCUT2D eigenvalue weighted by Crippen LogP contribution is 2.18. The summed E-state index contributed by atoms with van der Waals surface area (Å²) >= 11 is 0. The van der Waals surface area contributed by atoms with E-state index < -0.39 is 5.97 Å². The second-order valence-corrected chi connectivity index (χ2v) is 5.17. The van der Waals surface area contributed by atoms with Gasteiger partial charge in [-0.25, -0.2) is 9.78 Å². The van der Waals surface area contributed by atoms with Crippen LogP contribution in [0, 0.1) is 0 Å². The van der Waals surface area contributed by atoms with Gasteiger partial charge >= 0.3 is 5.97 Å². The number of nitrogens with zero attached hydrogens (tertiary/aromatic N) is 2. The number of aromatic nitrogens is 1. The molecule has 1 rings (SSSR count). The lowest BCUT2D eigenvalue weighted by atomic mass is 10.2. The molecule has 1 heterocycles. The minimum absolute atomic E-state index is 0.0706. The molecule has 0 aliphatic rings. The molecule has 0 aliphatic heterocycles. The summed E-state index contributed by atoms with van der Waals surface area (Å²) in [4.78, 5) is 17.0. The van der Waals surface area contributed by atoms with Crippen LogP contribution < -0.4 is 10.5 Å². The minimum atomic E-state index is -1.10. The molecule has 6 heteroatoms. The monoisotopic (exact) mass is 281 g/mol. The molecule has 0 bridgehead atoms. The zero-order valence-electron chi connectivity index (χ0n) is 12.5. The highest BCUT2D eigenvalue weighted by Gasteiger charge is 2.14. The molecule has 0 saturated carbocycles. The number of aromatic carboxylic acids is 1. The van der Waals surface area contributed by atoms with Gasteiger partial charge in [0.05, 0.1) is 5.69 Å². The lowest BCUT2D eigenvalue weighted by Crippen LogP contribution is -2.39. The second kappa shape index (κ2) is 7.09. The molecular formula is C14H23N3O3. The van der Waals surface area contributed by atoms with E-state index in [1.807, 2.05) is 0 Å². The van der Waals surface area contributed by atoms with Gasteiger partial charge in [-0.1, -0.05) is 0 Å². The quantitative estimate of drug-likeness (QED) is 0.793. The smallest absolute Gasteiger partial charge is 0.354 e. The van der Waals surface area contributed by atoms with E-state index in [-0.39, 0.29) is 11.6 Å². The van der Waals surface area contributed by atoms with Crippen LogP contribution in [0.5, 0.6) is 5.88 Å². The van der Waals surface area contributed by atoms with Crippen LogP contribution in [0.2, 0.25) is 0 Å². The maximum atomic E-state index is 10.9. The van der Waals surface area contributed by atoms with Gasteiger partial charge < -0.3 is 15.6 Å². The van der Waals surface area contributed by atoms with E-state index >= 15 is 0 Å². The molecule has 0 fully saturated rings. The van der Waals surface area contributed by atoms with E-state index in [9.17, 15) is 4.79 Å². The Labute approximate surface area is 119 Å². The predicted octanol–water partition coefficient (Wildman–Crippen LogP) is 1.86. The highest BCUT2D eigenvalue weighted by molar-refractivity contribution is 5.86. The van der Waals surface area contributed by atoms with E-state index in [1.165, 1.54) is 12.1 Å². The maximum absolute atomic E-state index is 10.9. The predicted molar refractivity (Wildman–Crippen MR) is 78.1 cm³/mol. The van der Waals surface area contributed by atoms with Crippen LogP contribution in [0.3, 0.4) is 0 Å². The lowest BCUT2D eigenvalue weighted by molar-refractivity contribution is 0.0689. The fourth-order valence-corrected chi connectivity index (χ4v) is 2.05. The summed E-state index contributed by atoms with van der Waals surface area (Å²) in [5.41, 5.74) is 6.00. The van der Waals surface area contributed by atoms with Crippen LogP contribution in [0.4, 0.5) is 5.69 Å². The number of hydrogen-bond donors (Lipinski definition) is 2. The molecule has 1 aromatic heterocycles. The number of carbonyl (C=O) groups is 1. The van der Waals surface area contributed by atoms with E-state index in [1.54, 1.807) is 0 Å². The summed E-state index contributed by atoms with van der Waals surface area (Å²) in [5, 5.41) is 8.89. The largest absolute Gasteiger partial charge is 0.477 e. The number of ether oxygens (including phenoxy) is 1. The van der Waals surface area contributed by atoms with E-state index in [0.29, 0.717) is 24.4 Å². The molecule has 20 heavy (non-hydrogen) atoms. The van der Waals surface area contributed by atoms with Gasteiger partial charge in [-0.3, -0.25) is 4.90 Å². The highest BCUT2D eigenvalue weighted by atomic mass is 16.5. The molecule has 3 N–H and O–H groups in total. The van der Waals surface area contributed by atoms with Crippen molar-refractivity contribution in [2.75, 3.05) is 18.9 Å². The van der Waals surface area contributed by atoms with Gasteiger partial charge in [0, 0.05) is 18.6 Å². The van der Waals surface area contributed by atoms with Crippen molar-refractivity contribution in [2.45, 2.75) is 39.8 Å². The number of carboxylic acids is 1. The Balaban J connectivity index is 2.65. The number of nitrogen functional groups attached to an aromatic ring is 1. The molecule has 0 aromatic carbocycles. The fraction of sp³-hybridized carbons (Fsp3) is 0.571. The average Bonchev–Trinajstić information content (AvgIpc) is 2.35. The van der Waals surface area contributed by atoms with Gasteiger partial charge in [0.25, 0.3) is 0 Å². The van der Waals surface area contributed by atoms with Crippen LogP contribution in [0.1, 0.15) is 38.2 Å². The first-order valence-electron chi connectivity index (χ1n) is 6.71. The molecular weight excluding hydrogens is 258 g/mol. The van der Waals surface area contributed by atoms with Crippen molar-refractivity contribution in [3.05, 3.63) is 17.8 Å². The Morgan fingerprint density at radius 3 is 2.45 bits per heavy atom. The van der Waals surface area contributed by atoms with Gasteiger partial charge in [0.1, 0.15) is 6.61 Å². The molecule has 0 amide bonds. The van der Waals surface area contributed by atoms with Crippen molar-refractivity contribution in [1.29, 1.82) is 0 Å². The van der Waals surface area contributed by atoms with Gasteiger partial charge in [-0.05, 0) is 39.8 Å². The fourth-order valence-electron chi connectivity index (χ4n) is 2.05. The Bertz CT molecular complexity index is 453. The summed E-state index contributed by atoms with van der Waals surface area (Å²) in [6, 6.07) is 3.68. The van der Waals surface area contributed by atoms with E-state index in [2.05, 4.69) is 37.6 Å². The van der Waals surface area contributed by atoms with Crippen LogP contribution in [0.25, 0.3) is 0 Å². The van der Waals surface area contributed by atoms with Crippen LogP contribution in [-0.2, 0) is 0 Å². The zero-order valence-corrected chi connectivity index (χ0v) is 12.5. The van der Waals surface area contributed by atoms with Crippen molar-refractivity contribution in [1.82, 2.24) is 9.88 Å². The summed E-state index contributed by atoms with van der Waals surface area (Å²) in [6.07, 6.45) is 0. The number of carboxylic acid groups (broad SMARTS) is 1. The van der Waals surface area contributed by atoms with Gasteiger partial charge in [-0.2, -0.15) is 0 Å². The molecule has 112 valence electrons. The first-order valence-corrected chi connectivity index (χ1v) is 6.71. The topological polar surface area (TPSA) is 88.7 Å². The van der Waals surface area contributed by atoms with E-state index in [4.69, 9.17) is 15.6 Å². The number of hydrogen-bond acceptors (Lipinski definition) is 5. The molecule has 0 spiro atoms. The summed E-state index contributed by atoms with van der Waals surface area (Å²) in [6.45, 7) is 9.63. The average molecular weight is 281 g/mol. The normalized spacial score (nSPS) is 11.3. The van der Waals surface area contributed by atoms with Gasteiger partial charge in [-0.15, -0.1) is 0 Å². The summed E-state index contributed by atoms with van der Waals surface area (Å²) in [5.74, 6) is -0.918. The van der Waals surface area contributed by atoms with Crippen molar-refractivity contribution in [3.63, 3.8) is 0 Å². The minimum Gasteiger partial charge on any atom is -0.477 e. The van der Waals surface area contributed by atoms with Crippen LogP contribution in [-0.4, -0.2) is 46.2 Å². The molecule has 0 atom stereocenters. The maximum Gasteiger partial charge on any atom is 0.354 e. The van der Waals surface area contributed by atoms with Crippen molar-refractivity contribution < 1.29 is 14.6 Å². The zero-order chi connectivity index (χ0) is 15.3. The van der Waals surface area contributed by atoms with Gasteiger partial charge in [0.15, 0.2) is 5.69 Å². The van der Waals surface area contributed by atoms with Crippen molar-refractivity contribution in [3.8, 4) is 5.88 Å².